The zero-order valence-corrected chi connectivity index (χ0v) is 15.1. The van der Waals surface area contributed by atoms with Gasteiger partial charge in [-0.2, -0.15) is 0 Å². The van der Waals surface area contributed by atoms with Crippen LogP contribution in [0.3, 0.4) is 0 Å². The van der Waals surface area contributed by atoms with Crippen molar-refractivity contribution in [3.63, 3.8) is 0 Å². The summed E-state index contributed by atoms with van der Waals surface area (Å²) in [4.78, 5) is 31.1. The first-order chi connectivity index (χ1) is 11.5. The van der Waals surface area contributed by atoms with Crippen LogP contribution in [0.15, 0.2) is 0 Å². The summed E-state index contributed by atoms with van der Waals surface area (Å²) < 4.78 is 5.32. The van der Waals surface area contributed by atoms with Crippen molar-refractivity contribution in [1.29, 1.82) is 0 Å². The number of carbonyl (C=O) groups is 2. The SMILES string of the molecule is CC1CC(C)CN(C(=O)CN2CCN(C(=O)C3CCOC3)CC2)C1. The molecule has 136 valence electrons. The molecule has 3 atom stereocenters. The number of piperazine rings is 1. The molecule has 0 saturated carbocycles. The van der Waals surface area contributed by atoms with Crippen LogP contribution in [0, 0.1) is 17.8 Å². The molecule has 3 heterocycles. The Balaban J connectivity index is 1.43. The second-order valence-corrected chi connectivity index (χ2v) is 7.91. The monoisotopic (exact) mass is 337 g/mol. The topological polar surface area (TPSA) is 53.1 Å². The zero-order chi connectivity index (χ0) is 17.1. The molecule has 0 aliphatic carbocycles. The van der Waals surface area contributed by atoms with Crippen LogP contribution in [0.2, 0.25) is 0 Å². The Morgan fingerprint density at radius 1 is 1.00 bits per heavy atom. The molecule has 3 unspecified atom stereocenters. The average molecular weight is 337 g/mol. The standard InChI is InChI=1S/C18H31N3O3/c1-14-9-15(2)11-21(10-14)17(22)12-19-4-6-20(7-5-19)18(23)16-3-8-24-13-16/h14-16H,3-13H2,1-2H3. The van der Waals surface area contributed by atoms with Crippen molar-refractivity contribution >= 4 is 11.8 Å². The third-order valence-electron chi connectivity index (χ3n) is 5.54. The number of hydrogen-bond donors (Lipinski definition) is 0. The summed E-state index contributed by atoms with van der Waals surface area (Å²) in [6.45, 7) is 11.1. The molecule has 3 rings (SSSR count). The smallest absolute Gasteiger partial charge is 0.236 e. The maximum Gasteiger partial charge on any atom is 0.236 e. The third-order valence-corrected chi connectivity index (χ3v) is 5.54. The molecule has 3 fully saturated rings. The predicted molar refractivity (Wildman–Crippen MR) is 91.5 cm³/mol. The normalized spacial score (nSPS) is 32.2. The lowest BCUT2D eigenvalue weighted by Gasteiger charge is -2.38. The van der Waals surface area contributed by atoms with Gasteiger partial charge >= 0.3 is 0 Å². The molecule has 0 aromatic heterocycles. The van der Waals surface area contributed by atoms with Crippen LogP contribution in [-0.4, -0.2) is 85.5 Å². The number of piperidine rings is 1. The Hall–Kier alpha value is -1.14. The Morgan fingerprint density at radius 3 is 2.25 bits per heavy atom. The summed E-state index contributed by atoms with van der Waals surface area (Å²) >= 11 is 0. The lowest BCUT2D eigenvalue weighted by atomic mass is 9.92. The molecule has 3 saturated heterocycles. The third kappa shape index (κ3) is 4.28. The van der Waals surface area contributed by atoms with E-state index in [0.29, 0.717) is 31.6 Å². The van der Waals surface area contributed by atoms with Gasteiger partial charge in [-0.1, -0.05) is 13.8 Å². The van der Waals surface area contributed by atoms with E-state index in [9.17, 15) is 9.59 Å². The van der Waals surface area contributed by atoms with E-state index >= 15 is 0 Å². The summed E-state index contributed by atoms with van der Waals surface area (Å²) in [7, 11) is 0. The number of nitrogens with zero attached hydrogens (tertiary/aromatic N) is 3. The van der Waals surface area contributed by atoms with Crippen LogP contribution in [0.25, 0.3) is 0 Å². The molecule has 3 aliphatic rings. The number of ether oxygens (including phenoxy) is 1. The van der Waals surface area contributed by atoms with Crippen LogP contribution in [0.1, 0.15) is 26.7 Å². The summed E-state index contributed by atoms with van der Waals surface area (Å²) in [6.07, 6.45) is 2.07. The van der Waals surface area contributed by atoms with Crippen LogP contribution >= 0.6 is 0 Å². The second kappa shape index (κ2) is 7.83. The molecule has 0 aromatic rings. The first-order valence-electron chi connectivity index (χ1n) is 9.39. The quantitative estimate of drug-likeness (QED) is 0.760. The van der Waals surface area contributed by atoms with Crippen LogP contribution in [0.4, 0.5) is 0 Å². The highest BCUT2D eigenvalue weighted by atomic mass is 16.5. The molecule has 2 amide bonds. The van der Waals surface area contributed by atoms with E-state index in [1.165, 1.54) is 6.42 Å². The number of amides is 2. The highest BCUT2D eigenvalue weighted by Crippen LogP contribution is 2.21. The van der Waals surface area contributed by atoms with Crippen molar-refractivity contribution in [2.75, 3.05) is 59.0 Å². The number of likely N-dealkylation sites (tertiary alicyclic amines) is 1. The van der Waals surface area contributed by atoms with E-state index < -0.39 is 0 Å². The van der Waals surface area contributed by atoms with Gasteiger partial charge in [-0.15, -0.1) is 0 Å². The highest BCUT2D eigenvalue weighted by molar-refractivity contribution is 5.80. The fraction of sp³-hybridized carbons (Fsp3) is 0.889. The minimum atomic E-state index is 0.0505. The Kier molecular flexibility index (Phi) is 5.76. The minimum Gasteiger partial charge on any atom is -0.381 e. The van der Waals surface area contributed by atoms with Gasteiger partial charge in [0.1, 0.15) is 0 Å². The summed E-state index contributed by atoms with van der Waals surface area (Å²) in [6, 6.07) is 0. The van der Waals surface area contributed by atoms with Crippen molar-refractivity contribution in [3.05, 3.63) is 0 Å². The molecular weight excluding hydrogens is 306 g/mol. The highest BCUT2D eigenvalue weighted by Gasteiger charge is 2.31. The van der Waals surface area contributed by atoms with Gasteiger partial charge < -0.3 is 14.5 Å². The van der Waals surface area contributed by atoms with Crippen LogP contribution < -0.4 is 0 Å². The van der Waals surface area contributed by atoms with Gasteiger partial charge in [-0.05, 0) is 24.7 Å². The van der Waals surface area contributed by atoms with Gasteiger partial charge in [0.25, 0.3) is 0 Å². The van der Waals surface area contributed by atoms with Gasteiger partial charge in [0, 0.05) is 45.9 Å². The molecule has 3 aliphatic heterocycles. The van der Waals surface area contributed by atoms with Crippen molar-refractivity contribution in [3.8, 4) is 0 Å². The van der Waals surface area contributed by atoms with E-state index in [4.69, 9.17) is 4.74 Å². The molecule has 0 aromatic carbocycles. The van der Waals surface area contributed by atoms with Gasteiger partial charge in [-0.25, -0.2) is 0 Å². The molecule has 0 radical (unpaired) electrons. The van der Waals surface area contributed by atoms with Crippen LogP contribution in [-0.2, 0) is 14.3 Å². The minimum absolute atomic E-state index is 0.0505. The first kappa shape index (κ1) is 17.7. The fourth-order valence-corrected chi connectivity index (χ4v) is 4.27. The predicted octanol–water partition coefficient (Wildman–Crippen LogP) is 0.672. The van der Waals surface area contributed by atoms with Gasteiger partial charge in [0.05, 0.1) is 19.1 Å². The number of hydrogen-bond acceptors (Lipinski definition) is 4. The van der Waals surface area contributed by atoms with Crippen molar-refractivity contribution in [2.45, 2.75) is 26.7 Å². The fourth-order valence-electron chi connectivity index (χ4n) is 4.27. The van der Waals surface area contributed by atoms with Gasteiger partial charge in [-0.3, -0.25) is 14.5 Å². The summed E-state index contributed by atoms with van der Waals surface area (Å²) in [5.41, 5.74) is 0. The number of carbonyl (C=O) groups excluding carboxylic acids is 2. The average Bonchev–Trinajstić information content (AvgIpc) is 3.08. The van der Waals surface area contributed by atoms with Crippen molar-refractivity contribution in [1.82, 2.24) is 14.7 Å². The van der Waals surface area contributed by atoms with E-state index in [1.54, 1.807) is 0 Å². The summed E-state index contributed by atoms with van der Waals surface area (Å²) in [5.74, 6) is 1.73. The lowest BCUT2D eigenvalue weighted by molar-refractivity contribution is -0.139. The molecule has 0 spiro atoms. The second-order valence-electron chi connectivity index (χ2n) is 7.91. The maximum absolute atomic E-state index is 12.6. The van der Waals surface area contributed by atoms with Crippen molar-refractivity contribution < 1.29 is 14.3 Å². The van der Waals surface area contributed by atoms with Gasteiger partial charge in [0.15, 0.2) is 0 Å². The first-order valence-corrected chi connectivity index (χ1v) is 9.39. The van der Waals surface area contributed by atoms with Crippen molar-refractivity contribution in [2.24, 2.45) is 17.8 Å². The summed E-state index contributed by atoms with van der Waals surface area (Å²) in [5, 5.41) is 0. The van der Waals surface area contributed by atoms with Gasteiger partial charge in [0.2, 0.25) is 11.8 Å². The molecule has 6 nitrogen and oxygen atoms in total. The maximum atomic E-state index is 12.6. The molecule has 6 heteroatoms. The molecule has 24 heavy (non-hydrogen) atoms. The van der Waals surface area contributed by atoms with E-state index in [1.807, 2.05) is 9.80 Å². The largest absolute Gasteiger partial charge is 0.381 e. The lowest BCUT2D eigenvalue weighted by Crippen LogP contribution is -2.53. The van der Waals surface area contributed by atoms with E-state index in [-0.39, 0.29) is 17.7 Å². The zero-order valence-electron chi connectivity index (χ0n) is 15.1. The Bertz CT molecular complexity index is 446. The molecule has 0 N–H and O–H groups in total. The Morgan fingerprint density at radius 2 is 1.67 bits per heavy atom. The van der Waals surface area contributed by atoms with E-state index in [2.05, 4.69) is 18.7 Å². The molecular formula is C18H31N3O3. The number of rotatable bonds is 3. The van der Waals surface area contributed by atoms with Crippen LogP contribution in [0.5, 0.6) is 0 Å². The Labute approximate surface area is 145 Å². The molecule has 0 bridgehead atoms. The van der Waals surface area contributed by atoms with E-state index in [0.717, 1.165) is 45.7 Å².